The highest BCUT2D eigenvalue weighted by Gasteiger charge is 2.42. The van der Waals surface area contributed by atoms with Crippen molar-refractivity contribution in [3.05, 3.63) is 11.4 Å². The molecule has 0 aromatic heterocycles. The van der Waals surface area contributed by atoms with Crippen LogP contribution in [-0.4, -0.2) is 75.2 Å². The van der Waals surface area contributed by atoms with Crippen LogP contribution in [0.1, 0.15) is 26.7 Å². The number of phosphoric acid groups is 1. The van der Waals surface area contributed by atoms with Crippen molar-refractivity contribution in [1.82, 2.24) is 0 Å². The van der Waals surface area contributed by atoms with Crippen molar-refractivity contribution in [2.24, 2.45) is 0 Å². The summed E-state index contributed by atoms with van der Waals surface area (Å²) in [5.74, 6) is 0. The van der Waals surface area contributed by atoms with Crippen molar-refractivity contribution in [3.8, 4) is 0 Å². The fourth-order valence-electron chi connectivity index (χ4n) is 3.13. The van der Waals surface area contributed by atoms with E-state index in [1.54, 1.807) is 7.11 Å². The van der Waals surface area contributed by atoms with Gasteiger partial charge in [0.05, 0.1) is 31.5 Å². The van der Waals surface area contributed by atoms with E-state index in [4.69, 9.17) is 34.4 Å². The summed E-state index contributed by atoms with van der Waals surface area (Å²) < 4.78 is 46.0. The third-order valence-electron chi connectivity index (χ3n) is 4.37. The van der Waals surface area contributed by atoms with E-state index >= 15 is 0 Å². The summed E-state index contributed by atoms with van der Waals surface area (Å²) in [6, 6.07) is 0. The van der Waals surface area contributed by atoms with E-state index in [1.807, 2.05) is 13.8 Å². The van der Waals surface area contributed by atoms with Gasteiger partial charge in [-0.05, 0) is 13.8 Å². The number of aliphatic hydroxyl groups excluding tert-OH is 1. The molecule has 2 rings (SSSR count). The standard InChI is InChI=1S/C16H28NO8P/c1-11-7-13(20-4)16(24-11)10-22-26(19,21-6-5-17-3)25-14-8-12(2)23-15(14)9-18/h11-16,18H,5-10H2,1-2,4H3/t11-,12-,13+,14+,15+,16+,26?/m0/s1. The molecule has 7 atom stereocenters. The van der Waals surface area contributed by atoms with Gasteiger partial charge in [-0.3, -0.25) is 13.6 Å². The third-order valence-corrected chi connectivity index (χ3v) is 5.86. The first-order valence-electron chi connectivity index (χ1n) is 8.76. The molecule has 1 N–H and O–H groups in total. The molecule has 0 spiro atoms. The van der Waals surface area contributed by atoms with Gasteiger partial charge in [-0.25, -0.2) is 11.1 Å². The molecule has 2 aliphatic heterocycles. The molecule has 0 aliphatic carbocycles. The monoisotopic (exact) mass is 393 g/mol. The number of aliphatic hydroxyl groups is 1. The van der Waals surface area contributed by atoms with Crippen molar-refractivity contribution in [2.45, 2.75) is 63.3 Å². The number of hydrogen-bond acceptors (Lipinski definition) is 8. The maximum Gasteiger partial charge on any atom is 0.475 e. The first-order valence-corrected chi connectivity index (χ1v) is 10.2. The lowest BCUT2D eigenvalue weighted by Crippen LogP contribution is -2.30. The number of nitrogens with zero attached hydrogens (tertiary/aromatic N) is 1. The highest BCUT2D eigenvalue weighted by molar-refractivity contribution is 7.48. The van der Waals surface area contributed by atoms with Crippen LogP contribution < -0.4 is 0 Å². The van der Waals surface area contributed by atoms with Gasteiger partial charge >= 0.3 is 7.82 Å². The Morgan fingerprint density at radius 1 is 1.15 bits per heavy atom. The summed E-state index contributed by atoms with van der Waals surface area (Å²) in [5.41, 5.74) is 0. The summed E-state index contributed by atoms with van der Waals surface area (Å²) in [6.45, 7) is 10.3. The fraction of sp³-hybridized carbons (Fsp3) is 0.938. The number of rotatable bonds is 10. The van der Waals surface area contributed by atoms with Crippen LogP contribution in [0, 0.1) is 6.57 Å². The van der Waals surface area contributed by atoms with Gasteiger partial charge in [-0.2, -0.15) is 0 Å². The van der Waals surface area contributed by atoms with E-state index in [2.05, 4.69) is 4.85 Å². The van der Waals surface area contributed by atoms with Gasteiger partial charge in [0.15, 0.2) is 0 Å². The second kappa shape index (κ2) is 10.1. The molecule has 1 unspecified atom stereocenters. The Labute approximate surface area is 154 Å². The van der Waals surface area contributed by atoms with Crippen LogP contribution in [0.3, 0.4) is 0 Å². The Bertz CT molecular complexity index is 527. The zero-order valence-corrected chi connectivity index (χ0v) is 16.3. The molecular formula is C16H28NO8P. The summed E-state index contributed by atoms with van der Waals surface area (Å²) in [5, 5.41) is 9.41. The lowest BCUT2D eigenvalue weighted by atomic mass is 10.1. The molecule has 2 heterocycles. The molecule has 26 heavy (non-hydrogen) atoms. The normalized spacial score (nSPS) is 36.7. The summed E-state index contributed by atoms with van der Waals surface area (Å²) in [6.07, 6.45) is -0.704. The van der Waals surface area contributed by atoms with Crippen molar-refractivity contribution in [3.63, 3.8) is 0 Å². The molecule has 2 saturated heterocycles. The molecule has 0 saturated carbocycles. The van der Waals surface area contributed by atoms with Crippen LogP contribution in [0.5, 0.6) is 0 Å². The highest BCUT2D eigenvalue weighted by Crippen LogP contribution is 2.52. The van der Waals surface area contributed by atoms with E-state index in [1.165, 1.54) is 0 Å². The Kier molecular flexibility index (Phi) is 8.45. The van der Waals surface area contributed by atoms with Crippen LogP contribution in [0.25, 0.3) is 4.85 Å². The summed E-state index contributed by atoms with van der Waals surface area (Å²) in [4.78, 5) is 3.17. The van der Waals surface area contributed by atoms with Crippen molar-refractivity contribution < 1.29 is 37.5 Å². The number of hydrogen-bond donors (Lipinski definition) is 1. The number of methoxy groups -OCH3 is 1. The quantitative estimate of drug-likeness (QED) is 0.341. The van der Waals surface area contributed by atoms with Gasteiger partial charge < -0.3 is 24.2 Å². The van der Waals surface area contributed by atoms with Crippen molar-refractivity contribution in [1.29, 1.82) is 0 Å². The minimum Gasteiger partial charge on any atom is -0.394 e. The van der Waals surface area contributed by atoms with Crippen molar-refractivity contribution >= 4 is 7.82 Å². The SMILES string of the molecule is [C-]#[N+]CCOP(=O)(OC[C@H]1O[C@@H](C)C[C@H]1OC)O[C@@H]1C[C@H](C)O[C@@H]1CO. The van der Waals surface area contributed by atoms with Gasteiger partial charge in [-0.15, -0.1) is 0 Å². The predicted octanol–water partition coefficient (Wildman–Crippen LogP) is 1.79. The highest BCUT2D eigenvalue weighted by atomic mass is 31.2. The van der Waals surface area contributed by atoms with Crippen molar-refractivity contribution in [2.75, 3.05) is 33.5 Å². The summed E-state index contributed by atoms with van der Waals surface area (Å²) >= 11 is 0. The zero-order chi connectivity index (χ0) is 19.2. The third kappa shape index (κ3) is 5.98. The lowest BCUT2D eigenvalue weighted by molar-refractivity contribution is -0.0447. The minimum atomic E-state index is -3.95. The molecule has 0 amide bonds. The Morgan fingerprint density at radius 2 is 1.81 bits per heavy atom. The van der Waals surface area contributed by atoms with Gasteiger partial charge in [-0.1, -0.05) is 0 Å². The zero-order valence-electron chi connectivity index (χ0n) is 15.4. The van der Waals surface area contributed by atoms with E-state index in [-0.39, 0.29) is 50.8 Å². The van der Waals surface area contributed by atoms with Crippen LogP contribution >= 0.6 is 7.82 Å². The second-order valence-corrected chi connectivity index (χ2v) is 8.12. The average Bonchev–Trinajstić information content (AvgIpc) is 3.14. The molecular weight excluding hydrogens is 365 g/mol. The topological polar surface area (TPSA) is 97.0 Å². The maximum absolute atomic E-state index is 13.0. The molecule has 0 aromatic rings. The van der Waals surface area contributed by atoms with E-state index in [0.717, 1.165) is 6.42 Å². The molecule has 10 heteroatoms. The van der Waals surface area contributed by atoms with Crippen LogP contribution in [-0.2, 0) is 32.3 Å². The maximum atomic E-state index is 13.0. The summed E-state index contributed by atoms with van der Waals surface area (Å²) in [7, 11) is -2.37. The molecule has 2 fully saturated rings. The Hall–Kier alpha value is -0.560. The molecule has 0 bridgehead atoms. The Balaban J connectivity index is 1.99. The van der Waals surface area contributed by atoms with E-state index in [0.29, 0.717) is 6.42 Å². The Morgan fingerprint density at radius 3 is 2.42 bits per heavy atom. The van der Waals surface area contributed by atoms with Gasteiger partial charge in [0.1, 0.15) is 24.9 Å². The molecule has 2 aliphatic rings. The van der Waals surface area contributed by atoms with E-state index < -0.39 is 20.0 Å². The largest absolute Gasteiger partial charge is 0.475 e. The van der Waals surface area contributed by atoms with Crippen LogP contribution in [0.4, 0.5) is 0 Å². The van der Waals surface area contributed by atoms with Gasteiger partial charge in [0, 0.05) is 20.0 Å². The van der Waals surface area contributed by atoms with Crippen LogP contribution in [0.15, 0.2) is 0 Å². The second-order valence-electron chi connectivity index (χ2n) is 6.50. The molecule has 150 valence electrons. The van der Waals surface area contributed by atoms with Gasteiger partial charge in [0.25, 0.3) is 0 Å². The van der Waals surface area contributed by atoms with E-state index in [9.17, 15) is 9.67 Å². The first-order chi connectivity index (χ1) is 12.4. The average molecular weight is 393 g/mol. The molecule has 0 aromatic carbocycles. The number of ether oxygens (including phenoxy) is 3. The fourth-order valence-corrected chi connectivity index (χ4v) is 4.52. The first kappa shape index (κ1) is 21.7. The number of phosphoric ester groups is 1. The smallest absolute Gasteiger partial charge is 0.394 e. The minimum absolute atomic E-state index is 0.0136. The predicted molar refractivity (Wildman–Crippen MR) is 91.6 cm³/mol. The molecule has 0 radical (unpaired) electrons. The van der Waals surface area contributed by atoms with Gasteiger partial charge in [0.2, 0.25) is 6.54 Å². The molecule has 9 nitrogen and oxygen atoms in total. The van der Waals surface area contributed by atoms with Crippen LogP contribution in [0.2, 0.25) is 0 Å². The lowest BCUT2D eigenvalue weighted by Gasteiger charge is -2.25.